The molecule has 0 aliphatic carbocycles. The van der Waals surface area contributed by atoms with Crippen LogP contribution in [0.5, 0.6) is 0 Å². The summed E-state index contributed by atoms with van der Waals surface area (Å²) in [5.74, 6) is 0. The fourth-order valence-electron chi connectivity index (χ4n) is 0.781. The van der Waals surface area contributed by atoms with Gasteiger partial charge in [0, 0.05) is 0 Å². The van der Waals surface area contributed by atoms with Crippen molar-refractivity contribution in [2.75, 3.05) is 6.54 Å². The van der Waals surface area contributed by atoms with Gasteiger partial charge in [-0.1, -0.05) is 37.6 Å². The molecule has 0 aromatic rings. The van der Waals surface area contributed by atoms with Crippen molar-refractivity contribution in [1.29, 1.82) is 0 Å². The number of hydrogen-bond acceptors (Lipinski definition) is 1. The van der Waals surface area contributed by atoms with Gasteiger partial charge in [0.25, 0.3) is 0 Å². The molecule has 0 aromatic heterocycles. The van der Waals surface area contributed by atoms with Gasteiger partial charge in [-0.25, -0.2) is 0 Å². The second-order valence-corrected chi connectivity index (χ2v) is 2.35. The zero-order chi connectivity index (χ0) is 8.53. The van der Waals surface area contributed by atoms with Crippen LogP contribution in [0.1, 0.15) is 26.7 Å². The third-order valence-electron chi connectivity index (χ3n) is 1.46. The van der Waals surface area contributed by atoms with Crippen molar-refractivity contribution in [3.63, 3.8) is 0 Å². The second-order valence-electron chi connectivity index (χ2n) is 2.35. The summed E-state index contributed by atoms with van der Waals surface area (Å²) >= 11 is 0. The Labute approximate surface area is 69.5 Å². The lowest BCUT2D eigenvalue weighted by atomic mass is 10.1. The van der Waals surface area contributed by atoms with E-state index in [1.165, 1.54) is 5.57 Å². The third kappa shape index (κ3) is 5.59. The molecule has 0 bridgehead atoms. The van der Waals surface area contributed by atoms with Crippen molar-refractivity contribution in [1.82, 2.24) is 0 Å². The highest BCUT2D eigenvalue weighted by molar-refractivity contribution is 5.25. The van der Waals surface area contributed by atoms with Crippen LogP contribution in [-0.4, -0.2) is 13.3 Å². The molecule has 0 saturated carbocycles. The topological polar surface area (TPSA) is 12.4 Å². The predicted molar refractivity (Wildman–Crippen MR) is 52.2 cm³/mol. The summed E-state index contributed by atoms with van der Waals surface area (Å²) in [7, 11) is 0. The van der Waals surface area contributed by atoms with Crippen molar-refractivity contribution in [3.05, 3.63) is 23.8 Å². The standard InChI is InChI=1S/C10H17N/c1-4-6-7-10(5-2)8-9-11-3/h6-8H,3-5,9H2,1-2H3/b7-6-,10-8-. The van der Waals surface area contributed by atoms with E-state index in [-0.39, 0.29) is 0 Å². The molecule has 0 amide bonds. The van der Waals surface area contributed by atoms with Crippen molar-refractivity contribution in [2.45, 2.75) is 26.7 Å². The number of hydrogen-bond donors (Lipinski definition) is 0. The SMILES string of the molecule is C=NC/C=C(\C=C/CC)CC. The van der Waals surface area contributed by atoms with Crippen molar-refractivity contribution in [2.24, 2.45) is 4.99 Å². The molecule has 0 rings (SSSR count). The van der Waals surface area contributed by atoms with Crippen LogP contribution >= 0.6 is 0 Å². The highest BCUT2D eigenvalue weighted by Crippen LogP contribution is 2.02. The van der Waals surface area contributed by atoms with Gasteiger partial charge < -0.3 is 0 Å². The van der Waals surface area contributed by atoms with Gasteiger partial charge >= 0.3 is 0 Å². The molecule has 1 nitrogen and oxygen atoms in total. The Morgan fingerprint density at radius 3 is 2.64 bits per heavy atom. The van der Waals surface area contributed by atoms with Crippen LogP contribution in [0.25, 0.3) is 0 Å². The van der Waals surface area contributed by atoms with E-state index >= 15 is 0 Å². The zero-order valence-corrected chi connectivity index (χ0v) is 7.51. The van der Waals surface area contributed by atoms with E-state index in [0.717, 1.165) is 19.4 Å². The summed E-state index contributed by atoms with van der Waals surface area (Å²) in [6, 6.07) is 0. The maximum absolute atomic E-state index is 3.77. The highest BCUT2D eigenvalue weighted by Gasteiger charge is 1.84. The Morgan fingerprint density at radius 1 is 1.45 bits per heavy atom. The van der Waals surface area contributed by atoms with Gasteiger partial charge in [-0.05, 0) is 19.6 Å². The molecule has 0 aliphatic rings. The Balaban J connectivity index is 3.92. The summed E-state index contributed by atoms with van der Waals surface area (Å²) in [5.41, 5.74) is 1.35. The lowest BCUT2D eigenvalue weighted by Gasteiger charge is -1.94. The van der Waals surface area contributed by atoms with Crippen LogP contribution in [0.3, 0.4) is 0 Å². The van der Waals surface area contributed by atoms with E-state index in [4.69, 9.17) is 0 Å². The lowest BCUT2D eigenvalue weighted by molar-refractivity contribution is 1.10. The largest absolute Gasteiger partial charge is 0.297 e. The molecule has 0 saturated heterocycles. The molecule has 0 fully saturated rings. The third-order valence-corrected chi connectivity index (χ3v) is 1.46. The van der Waals surface area contributed by atoms with Gasteiger partial charge in [0.05, 0.1) is 6.54 Å². The van der Waals surface area contributed by atoms with Crippen LogP contribution in [0.15, 0.2) is 28.8 Å². The van der Waals surface area contributed by atoms with Crippen LogP contribution in [0.2, 0.25) is 0 Å². The minimum atomic E-state index is 0.733. The van der Waals surface area contributed by atoms with Gasteiger partial charge in [-0.2, -0.15) is 0 Å². The maximum Gasteiger partial charge on any atom is 0.0568 e. The molecule has 0 N–H and O–H groups in total. The summed E-state index contributed by atoms with van der Waals surface area (Å²) in [6.45, 7) is 8.44. The zero-order valence-electron chi connectivity index (χ0n) is 7.51. The van der Waals surface area contributed by atoms with Gasteiger partial charge in [-0.15, -0.1) is 0 Å². The van der Waals surface area contributed by atoms with E-state index in [9.17, 15) is 0 Å². The van der Waals surface area contributed by atoms with Crippen LogP contribution in [0, 0.1) is 0 Å². The summed E-state index contributed by atoms with van der Waals surface area (Å²) in [5, 5.41) is 0. The van der Waals surface area contributed by atoms with E-state index in [0.29, 0.717) is 0 Å². The van der Waals surface area contributed by atoms with E-state index in [1.807, 2.05) is 0 Å². The molecule has 0 heterocycles. The molecule has 0 aliphatic heterocycles. The number of nitrogens with zero attached hydrogens (tertiary/aromatic N) is 1. The first kappa shape index (κ1) is 10.2. The fraction of sp³-hybridized carbons (Fsp3) is 0.500. The molecule has 1 heteroatoms. The molecule has 62 valence electrons. The lowest BCUT2D eigenvalue weighted by Crippen LogP contribution is -1.78. The summed E-state index contributed by atoms with van der Waals surface area (Å²) in [6.07, 6.45) is 8.60. The quantitative estimate of drug-likeness (QED) is 0.423. The monoisotopic (exact) mass is 151 g/mol. The Bertz CT molecular complexity index is 154. The Kier molecular flexibility index (Phi) is 6.70. The first-order chi connectivity index (χ1) is 5.35. The smallest absolute Gasteiger partial charge is 0.0568 e. The average molecular weight is 151 g/mol. The van der Waals surface area contributed by atoms with E-state index in [2.05, 4.69) is 43.8 Å². The van der Waals surface area contributed by atoms with Crippen LogP contribution in [-0.2, 0) is 0 Å². The minimum absolute atomic E-state index is 0.733. The first-order valence-corrected chi connectivity index (χ1v) is 4.13. The van der Waals surface area contributed by atoms with Crippen molar-refractivity contribution in [3.8, 4) is 0 Å². The van der Waals surface area contributed by atoms with Crippen molar-refractivity contribution >= 4 is 6.72 Å². The molecule has 0 spiro atoms. The van der Waals surface area contributed by atoms with Gasteiger partial charge in [0.2, 0.25) is 0 Å². The molecular weight excluding hydrogens is 134 g/mol. The summed E-state index contributed by atoms with van der Waals surface area (Å²) in [4.78, 5) is 3.77. The maximum atomic E-state index is 3.77. The molecule has 0 aromatic carbocycles. The van der Waals surface area contributed by atoms with Gasteiger partial charge in [-0.3, -0.25) is 4.99 Å². The fourth-order valence-corrected chi connectivity index (χ4v) is 0.781. The normalized spacial score (nSPS) is 12.4. The minimum Gasteiger partial charge on any atom is -0.297 e. The number of aliphatic imine (C=N–C) groups is 1. The average Bonchev–Trinajstić information content (AvgIpc) is 2.05. The number of rotatable bonds is 5. The molecule has 11 heavy (non-hydrogen) atoms. The van der Waals surface area contributed by atoms with Gasteiger partial charge in [0.15, 0.2) is 0 Å². The van der Waals surface area contributed by atoms with Crippen LogP contribution in [0.4, 0.5) is 0 Å². The summed E-state index contributed by atoms with van der Waals surface area (Å²) < 4.78 is 0. The van der Waals surface area contributed by atoms with Crippen LogP contribution < -0.4 is 0 Å². The van der Waals surface area contributed by atoms with E-state index in [1.54, 1.807) is 0 Å². The van der Waals surface area contributed by atoms with Crippen molar-refractivity contribution < 1.29 is 0 Å². The second kappa shape index (κ2) is 7.26. The van der Waals surface area contributed by atoms with E-state index < -0.39 is 0 Å². The Morgan fingerprint density at radius 2 is 2.18 bits per heavy atom. The highest BCUT2D eigenvalue weighted by atomic mass is 14.6. The molecule has 0 radical (unpaired) electrons. The predicted octanol–water partition coefficient (Wildman–Crippen LogP) is 2.99. The molecular formula is C10H17N. The molecule has 0 atom stereocenters. The number of allylic oxidation sites excluding steroid dienone is 3. The van der Waals surface area contributed by atoms with Gasteiger partial charge in [0.1, 0.15) is 0 Å². The molecule has 0 unspecified atom stereocenters. The Hall–Kier alpha value is -0.850. The first-order valence-electron chi connectivity index (χ1n) is 4.13.